The van der Waals surface area contributed by atoms with E-state index < -0.39 is 5.60 Å². The molecule has 7 nitrogen and oxygen atoms in total. The van der Waals surface area contributed by atoms with Crippen LogP contribution in [0.2, 0.25) is 0 Å². The number of carbonyl (C=O) groups is 1. The third-order valence-electron chi connectivity index (χ3n) is 4.69. The summed E-state index contributed by atoms with van der Waals surface area (Å²) < 4.78 is 1.66. The fourth-order valence-corrected chi connectivity index (χ4v) is 3.35. The first-order valence-corrected chi connectivity index (χ1v) is 7.63. The number of hydrogen-bond acceptors (Lipinski definition) is 5. The topological polar surface area (TPSA) is 83.3 Å². The molecule has 2 aliphatic heterocycles. The lowest BCUT2D eigenvalue weighted by Gasteiger charge is -2.39. The number of piperidine rings is 2. The molecule has 1 unspecified atom stereocenters. The van der Waals surface area contributed by atoms with Crippen LogP contribution in [0.25, 0.3) is 0 Å². The second kappa shape index (κ2) is 5.73. The largest absolute Gasteiger partial charge is 0.382 e. The Morgan fingerprint density at radius 1 is 1.48 bits per heavy atom. The molecule has 0 spiro atoms. The van der Waals surface area contributed by atoms with Gasteiger partial charge in [0, 0.05) is 39.6 Å². The van der Waals surface area contributed by atoms with Gasteiger partial charge in [0.1, 0.15) is 11.9 Å². The second-order valence-corrected chi connectivity index (χ2v) is 6.25. The van der Waals surface area contributed by atoms with Crippen molar-refractivity contribution in [3.8, 4) is 0 Å². The van der Waals surface area contributed by atoms with Crippen LogP contribution in [0.15, 0.2) is 6.33 Å². The highest BCUT2D eigenvalue weighted by Crippen LogP contribution is 2.31. The number of aromatic nitrogens is 3. The van der Waals surface area contributed by atoms with Gasteiger partial charge < -0.3 is 15.3 Å². The smallest absolute Gasteiger partial charge is 0.220 e. The minimum absolute atomic E-state index is 0.168. The van der Waals surface area contributed by atoms with Crippen LogP contribution in [-0.2, 0) is 17.4 Å². The number of nitrogens with zero attached hydrogens (tertiary/aromatic N) is 4. The molecule has 1 aromatic heterocycles. The predicted octanol–water partition coefficient (Wildman–Crippen LogP) is -0.375. The van der Waals surface area contributed by atoms with E-state index in [2.05, 4.69) is 20.3 Å². The molecule has 7 heteroatoms. The van der Waals surface area contributed by atoms with E-state index in [1.807, 2.05) is 7.05 Å². The monoisotopic (exact) mass is 293 g/mol. The molecule has 2 aliphatic rings. The molecule has 0 aromatic carbocycles. The van der Waals surface area contributed by atoms with Gasteiger partial charge in [-0.3, -0.25) is 9.48 Å². The van der Waals surface area contributed by atoms with Crippen molar-refractivity contribution in [2.45, 2.75) is 31.3 Å². The van der Waals surface area contributed by atoms with E-state index in [1.54, 1.807) is 4.68 Å². The normalized spacial score (nSPS) is 26.6. The molecule has 1 atom stereocenters. The van der Waals surface area contributed by atoms with Crippen molar-refractivity contribution in [1.82, 2.24) is 25.0 Å². The van der Waals surface area contributed by atoms with Crippen LogP contribution in [-0.4, -0.2) is 56.9 Å². The summed E-state index contributed by atoms with van der Waals surface area (Å²) in [6.07, 6.45) is 4.46. The van der Waals surface area contributed by atoms with E-state index in [1.165, 1.54) is 6.33 Å². The van der Waals surface area contributed by atoms with Crippen LogP contribution < -0.4 is 5.32 Å². The lowest BCUT2D eigenvalue weighted by atomic mass is 9.89. The Labute approximate surface area is 124 Å². The van der Waals surface area contributed by atoms with Crippen LogP contribution in [0.3, 0.4) is 0 Å². The fourth-order valence-electron chi connectivity index (χ4n) is 3.35. The zero-order valence-electron chi connectivity index (χ0n) is 12.5. The standard InChI is InChI=1S/C14H23N5O2/c1-18-13(16-10-17-18)14(21)4-6-19(7-5-14)9-11-2-3-12(20)15-8-11/h10-11,21H,2-9H2,1H3,(H,15,20). The molecule has 2 saturated heterocycles. The Hall–Kier alpha value is -1.47. The minimum atomic E-state index is -0.859. The first-order valence-electron chi connectivity index (χ1n) is 7.63. The van der Waals surface area contributed by atoms with Crippen LogP contribution in [0.1, 0.15) is 31.5 Å². The average Bonchev–Trinajstić information content (AvgIpc) is 2.91. The van der Waals surface area contributed by atoms with E-state index in [4.69, 9.17) is 0 Å². The molecule has 0 aliphatic carbocycles. The summed E-state index contributed by atoms with van der Waals surface area (Å²) in [6.45, 7) is 3.49. The third kappa shape index (κ3) is 3.08. The maximum absolute atomic E-state index is 11.2. The Kier molecular flexibility index (Phi) is 3.95. The summed E-state index contributed by atoms with van der Waals surface area (Å²) in [5.74, 6) is 1.36. The van der Waals surface area contributed by atoms with Gasteiger partial charge in [0.25, 0.3) is 0 Å². The van der Waals surface area contributed by atoms with Gasteiger partial charge in [-0.25, -0.2) is 4.98 Å². The van der Waals surface area contributed by atoms with Gasteiger partial charge in [0.2, 0.25) is 5.91 Å². The van der Waals surface area contributed by atoms with Crippen molar-refractivity contribution in [2.24, 2.45) is 13.0 Å². The maximum atomic E-state index is 11.2. The zero-order chi connectivity index (χ0) is 14.9. The van der Waals surface area contributed by atoms with Gasteiger partial charge in [-0.1, -0.05) is 0 Å². The highest BCUT2D eigenvalue weighted by atomic mass is 16.3. The van der Waals surface area contributed by atoms with Gasteiger partial charge in [0.15, 0.2) is 5.82 Å². The molecule has 1 amide bonds. The predicted molar refractivity (Wildman–Crippen MR) is 76.3 cm³/mol. The Balaban J connectivity index is 1.53. The molecule has 3 rings (SSSR count). The van der Waals surface area contributed by atoms with Crippen LogP contribution in [0.5, 0.6) is 0 Å². The number of amides is 1. The highest BCUT2D eigenvalue weighted by molar-refractivity contribution is 5.76. The SMILES string of the molecule is Cn1ncnc1C1(O)CCN(CC2CCC(=O)NC2)CC1. The van der Waals surface area contributed by atoms with Crippen molar-refractivity contribution in [2.75, 3.05) is 26.2 Å². The quantitative estimate of drug-likeness (QED) is 0.794. The lowest BCUT2D eigenvalue weighted by molar-refractivity contribution is -0.123. The van der Waals surface area contributed by atoms with Crippen LogP contribution >= 0.6 is 0 Å². The molecular formula is C14H23N5O2. The van der Waals surface area contributed by atoms with Crippen molar-refractivity contribution >= 4 is 5.91 Å². The van der Waals surface area contributed by atoms with Gasteiger partial charge >= 0.3 is 0 Å². The van der Waals surface area contributed by atoms with E-state index >= 15 is 0 Å². The minimum Gasteiger partial charge on any atom is -0.382 e. The Morgan fingerprint density at radius 2 is 2.24 bits per heavy atom. The third-order valence-corrected chi connectivity index (χ3v) is 4.69. The number of carbonyl (C=O) groups excluding carboxylic acids is 1. The molecule has 3 heterocycles. The first-order chi connectivity index (χ1) is 10.1. The number of aliphatic hydroxyl groups is 1. The molecule has 0 radical (unpaired) electrons. The molecule has 0 saturated carbocycles. The van der Waals surface area contributed by atoms with Crippen molar-refractivity contribution < 1.29 is 9.90 Å². The fraction of sp³-hybridized carbons (Fsp3) is 0.786. The summed E-state index contributed by atoms with van der Waals surface area (Å²) >= 11 is 0. The molecule has 1 aromatic rings. The number of rotatable bonds is 3. The highest BCUT2D eigenvalue weighted by Gasteiger charge is 2.38. The maximum Gasteiger partial charge on any atom is 0.220 e. The van der Waals surface area contributed by atoms with Gasteiger partial charge in [-0.15, -0.1) is 0 Å². The van der Waals surface area contributed by atoms with Crippen molar-refractivity contribution in [1.29, 1.82) is 0 Å². The van der Waals surface area contributed by atoms with E-state index in [9.17, 15) is 9.90 Å². The van der Waals surface area contributed by atoms with Crippen LogP contribution in [0.4, 0.5) is 0 Å². The molecular weight excluding hydrogens is 270 g/mol. The van der Waals surface area contributed by atoms with Gasteiger partial charge in [-0.2, -0.15) is 5.10 Å². The van der Waals surface area contributed by atoms with Crippen molar-refractivity contribution in [3.63, 3.8) is 0 Å². The number of aryl methyl sites for hydroxylation is 1. The summed E-state index contributed by atoms with van der Waals surface area (Å²) in [4.78, 5) is 17.8. The summed E-state index contributed by atoms with van der Waals surface area (Å²) in [5, 5.41) is 17.7. The van der Waals surface area contributed by atoms with Crippen LogP contribution in [0, 0.1) is 5.92 Å². The van der Waals surface area contributed by atoms with E-state index in [0.717, 1.165) is 32.6 Å². The number of nitrogens with one attached hydrogen (secondary N) is 1. The summed E-state index contributed by atoms with van der Waals surface area (Å²) in [7, 11) is 1.82. The number of hydrogen-bond donors (Lipinski definition) is 2. The number of likely N-dealkylation sites (tertiary alicyclic amines) is 1. The molecule has 0 bridgehead atoms. The van der Waals surface area contributed by atoms with Gasteiger partial charge in [0.05, 0.1) is 0 Å². The summed E-state index contributed by atoms with van der Waals surface area (Å²) in [6, 6.07) is 0. The summed E-state index contributed by atoms with van der Waals surface area (Å²) in [5.41, 5.74) is -0.859. The van der Waals surface area contributed by atoms with Gasteiger partial charge in [-0.05, 0) is 25.2 Å². The average molecular weight is 293 g/mol. The van der Waals surface area contributed by atoms with E-state index in [-0.39, 0.29) is 5.91 Å². The van der Waals surface area contributed by atoms with Crippen molar-refractivity contribution in [3.05, 3.63) is 12.2 Å². The molecule has 2 N–H and O–H groups in total. The lowest BCUT2D eigenvalue weighted by Crippen LogP contribution is -2.47. The second-order valence-electron chi connectivity index (χ2n) is 6.25. The molecule has 116 valence electrons. The first kappa shape index (κ1) is 14.5. The molecule has 21 heavy (non-hydrogen) atoms. The Morgan fingerprint density at radius 3 is 2.81 bits per heavy atom. The Bertz CT molecular complexity index is 497. The molecule has 2 fully saturated rings. The van der Waals surface area contributed by atoms with E-state index in [0.29, 0.717) is 31.0 Å². The zero-order valence-corrected chi connectivity index (χ0v) is 12.5.